The van der Waals surface area contributed by atoms with E-state index in [0.29, 0.717) is 0 Å². The third kappa shape index (κ3) is 2.90. The average Bonchev–Trinajstić information content (AvgIpc) is 2.57. The molecule has 1 heterocycles. The van der Waals surface area contributed by atoms with Crippen LogP contribution < -0.4 is 0 Å². The molecule has 1 saturated carbocycles. The first-order valence-electron chi connectivity index (χ1n) is 6.23. The zero-order chi connectivity index (χ0) is 13.2. The van der Waals surface area contributed by atoms with Crippen molar-refractivity contribution in [3.8, 4) is 0 Å². The van der Waals surface area contributed by atoms with Gasteiger partial charge in [0.1, 0.15) is 5.69 Å². The fraction of sp³-hybridized carbons (Fsp3) is 0.750. The number of aromatic nitrogens is 2. The van der Waals surface area contributed by atoms with Crippen molar-refractivity contribution in [1.29, 1.82) is 0 Å². The van der Waals surface area contributed by atoms with Crippen LogP contribution in [0.1, 0.15) is 55.8 Å². The van der Waals surface area contributed by atoms with Gasteiger partial charge in [-0.2, -0.15) is 18.3 Å². The second-order valence-corrected chi connectivity index (χ2v) is 5.30. The van der Waals surface area contributed by atoms with Gasteiger partial charge in [-0.3, -0.25) is 4.68 Å². The van der Waals surface area contributed by atoms with E-state index in [1.54, 1.807) is 0 Å². The van der Waals surface area contributed by atoms with E-state index in [9.17, 15) is 13.2 Å². The monoisotopic (exact) mass is 324 g/mol. The van der Waals surface area contributed by atoms with Crippen molar-refractivity contribution in [2.75, 3.05) is 0 Å². The highest BCUT2D eigenvalue weighted by Crippen LogP contribution is 2.37. The Morgan fingerprint density at radius 1 is 1.22 bits per heavy atom. The SMILES string of the molecule is FC(F)(F)c1c(CBr)cnn1C1CCCCCC1. The van der Waals surface area contributed by atoms with E-state index in [0.717, 1.165) is 38.5 Å². The number of nitrogens with zero attached hydrogens (tertiary/aromatic N) is 2. The summed E-state index contributed by atoms with van der Waals surface area (Å²) in [7, 11) is 0. The lowest BCUT2D eigenvalue weighted by atomic mass is 10.1. The number of hydrogen-bond donors (Lipinski definition) is 0. The van der Waals surface area contributed by atoms with Gasteiger partial charge < -0.3 is 0 Å². The Labute approximate surface area is 113 Å². The van der Waals surface area contributed by atoms with E-state index in [-0.39, 0.29) is 16.9 Å². The summed E-state index contributed by atoms with van der Waals surface area (Å²) in [6.45, 7) is 0. The summed E-state index contributed by atoms with van der Waals surface area (Å²) in [4.78, 5) is 0. The molecule has 0 amide bonds. The van der Waals surface area contributed by atoms with Gasteiger partial charge in [0, 0.05) is 10.9 Å². The van der Waals surface area contributed by atoms with Crippen LogP contribution in [0.5, 0.6) is 0 Å². The van der Waals surface area contributed by atoms with Gasteiger partial charge in [0.15, 0.2) is 0 Å². The molecule has 2 rings (SSSR count). The van der Waals surface area contributed by atoms with E-state index in [2.05, 4.69) is 21.0 Å². The van der Waals surface area contributed by atoms with Crippen LogP contribution in [0, 0.1) is 0 Å². The third-order valence-corrected chi connectivity index (χ3v) is 4.06. The molecule has 0 N–H and O–H groups in total. The van der Waals surface area contributed by atoms with Crippen molar-refractivity contribution in [2.24, 2.45) is 0 Å². The maximum absolute atomic E-state index is 13.1. The largest absolute Gasteiger partial charge is 0.433 e. The quantitative estimate of drug-likeness (QED) is 0.570. The second kappa shape index (κ2) is 5.63. The molecule has 1 aromatic rings. The summed E-state index contributed by atoms with van der Waals surface area (Å²) < 4.78 is 40.5. The van der Waals surface area contributed by atoms with Gasteiger partial charge in [-0.05, 0) is 12.8 Å². The summed E-state index contributed by atoms with van der Waals surface area (Å²) in [5.74, 6) is 0. The minimum Gasteiger partial charge on any atom is -0.257 e. The first-order valence-corrected chi connectivity index (χ1v) is 7.35. The van der Waals surface area contributed by atoms with E-state index in [4.69, 9.17) is 0 Å². The first-order chi connectivity index (χ1) is 8.54. The summed E-state index contributed by atoms with van der Waals surface area (Å²) in [5, 5.41) is 4.17. The molecule has 6 heteroatoms. The minimum atomic E-state index is -4.33. The lowest BCUT2D eigenvalue weighted by Crippen LogP contribution is -2.20. The number of rotatable bonds is 2. The van der Waals surface area contributed by atoms with Gasteiger partial charge in [-0.15, -0.1) is 0 Å². The molecule has 1 aliphatic carbocycles. The fourth-order valence-electron chi connectivity index (χ4n) is 2.59. The molecule has 0 saturated heterocycles. The molecule has 102 valence electrons. The van der Waals surface area contributed by atoms with Crippen LogP contribution >= 0.6 is 15.9 Å². The van der Waals surface area contributed by atoms with Crippen LogP contribution in [0.15, 0.2) is 6.20 Å². The maximum atomic E-state index is 13.1. The molecule has 0 unspecified atom stereocenters. The summed E-state index contributed by atoms with van der Waals surface area (Å²) in [6.07, 6.45) is 2.82. The van der Waals surface area contributed by atoms with Crippen LogP contribution in [0.4, 0.5) is 13.2 Å². The van der Waals surface area contributed by atoms with E-state index >= 15 is 0 Å². The van der Waals surface area contributed by atoms with Crippen LogP contribution in [0.25, 0.3) is 0 Å². The molecular formula is C12H16BrF3N2. The molecule has 0 aliphatic heterocycles. The van der Waals surface area contributed by atoms with Gasteiger partial charge in [0.05, 0.1) is 12.2 Å². The highest BCUT2D eigenvalue weighted by Gasteiger charge is 2.39. The third-order valence-electron chi connectivity index (χ3n) is 3.45. The number of alkyl halides is 4. The average molecular weight is 325 g/mol. The molecule has 0 radical (unpaired) electrons. The lowest BCUT2D eigenvalue weighted by Gasteiger charge is -2.20. The Bertz CT molecular complexity index is 393. The Kier molecular flexibility index (Phi) is 4.35. The van der Waals surface area contributed by atoms with Gasteiger partial charge >= 0.3 is 6.18 Å². The Balaban J connectivity index is 2.34. The molecule has 1 aromatic heterocycles. The van der Waals surface area contributed by atoms with E-state index in [1.165, 1.54) is 10.9 Å². The molecule has 0 atom stereocenters. The van der Waals surface area contributed by atoms with Crippen molar-refractivity contribution >= 4 is 15.9 Å². The Hall–Kier alpha value is -0.520. The molecule has 0 spiro atoms. The zero-order valence-electron chi connectivity index (χ0n) is 10.0. The molecule has 1 fully saturated rings. The van der Waals surface area contributed by atoms with Crippen molar-refractivity contribution < 1.29 is 13.2 Å². The highest BCUT2D eigenvalue weighted by molar-refractivity contribution is 9.08. The Morgan fingerprint density at radius 3 is 2.33 bits per heavy atom. The van der Waals surface area contributed by atoms with Crippen molar-refractivity contribution in [3.05, 3.63) is 17.5 Å². The summed E-state index contributed by atoms with van der Waals surface area (Å²) in [6, 6.07) is -0.100. The second-order valence-electron chi connectivity index (χ2n) is 4.74. The minimum absolute atomic E-state index is 0.100. The standard InChI is InChI=1S/C12H16BrF3N2/c13-7-9-8-17-18(11(9)12(14,15)16)10-5-3-1-2-4-6-10/h8,10H,1-7H2. The zero-order valence-corrected chi connectivity index (χ0v) is 11.6. The molecular weight excluding hydrogens is 309 g/mol. The number of halogens is 4. The summed E-state index contributed by atoms with van der Waals surface area (Å²) >= 11 is 3.10. The van der Waals surface area contributed by atoms with Gasteiger partial charge in [-0.25, -0.2) is 0 Å². The van der Waals surface area contributed by atoms with Gasteiger partial charge in [-0.1, -0.05) is 41.6 Å². The van der Waals surface area contributed by atoms with E-state index in [1.807, 2.05) is 0 Å². The Morgan fingerprint density at radius 2 is 1.83 bits per heavy atom. The lowest BCUT2D eigenvalue weighted by molar-refractivity contribution is -0.145. The predicted molar refractivity (Wildman–Crippen MR) is 66.6 cm³/mol. The van der Waals surface area contributed by atoms with Crippen molar-refractivity contribution in [1.82, 2.24) is 9.78 Å². The van der Waals surface area contributed by atoms with E-state index < -0.39 is 11.9 Å². The predicted octanol–water partition coefficient (Wildman–Crippen LogP) is 4.69. The van der Waals surface area contributed by atoms with Crippen molar-refractivity contribution in [3.63, 3.8) is 0 Å². The number of hydrogen-bond acceptors (Lipinski definition) is 1. The molecule has 2 nitrogen and oxygen atoms in total. The fourth-order valence-corrected chi connectivity index (χ4v) is 3.00. The topological polar surface area (TPSA) is 17.8 Å². The molecule has 1 aliphatic rings. The van der Waals surface area contributed by atoms with Crippen LogP contribution in [0.2, 0.25) is 0 Å². The van der Waals surface area contributed by atoms with Crippen LogP contribution in [-0.4, -0.2) is 9.78 Å². The van der Waals surface area contributed by atoms with Gasteiger partial charge in [0.2, 0.25) is 0 Å². The molecule has 0 aromatic carbocycles. The van der Waals surface area contributed by atoms with Gasteiger partial charge in [0.25, 0.3) is 0 Å². The first kappa shape index (κ1) is 13.9. The van der Waals surface area contributed by atoms with Crippen LogP contribution in [0.3, 0.4) is 0 Å². The highest BCUT2D eigenvalue weighted by atomic mass is 79.9. The smallest absolute Gasteiger partial charge is 0.257 e. The maximum Gasteiger partial charge on any atom is 0.433 e. The summed E-state index contributed by atoms with van der Waals surface area (Å²) in [5.41, 5.74) is -0.349. The normalized spacial score (nSPS) is 18.9. The van der Waals surface area contributed by atoms with Crippen molar-refractivity contribution in [2.45, 2.75) is 56.1 Å². The molecule has 0 bridgehead atoms. The van der Waals surface area contributed by atoms with Crippen LogP contribution in [-0.2, 0) is 11.5 Å². The molecule has 18 heavy (non-hydrogen) atoms.